The van der Waals surface area contributed by atoms with Gasteiger partial charge >= 0.3 is 0 Å². The predicted molar refractivity (Wildman–Crippen MR) is 74.6 cm³/mol. The maximum Gasteiger partial charge on any atom is 0.123 e. The zero-order valence-electron chi connectivity index (χ0n) is 10.6. The Labute approximate surface area is 112 Å². The Kier molecular flexibility index (Phi) is 4.46. The zero-order valence-corrected chi connectivity index (χ0v) is 12.2. The van der Waals surface area contributed by atoms with Gasteiger partial charge in [-0.05, 0) is 45.5 Å². The van der Waals surface area contributed by atoms with E-state index in [1.807, 2.05) is 12.1 Å². The van der Waals surface area contributed by atoms with Gasteiger partial charge in [-0.3, -0.25) is 0 Å². The van der Waals surface area contributed by atoms with E-state index in [0.29, 0.717) is 5.92 Å². The molecule has 0 saturated carbocycles. The largest absolute Gasteiger partial charge is 0.493 e. The summed E-state index contributed by atoms with van der Waals surface area (Å²) in [4.78, 5) is 2.39. The van der Waals surface area contributed by atoms with Gasteiger partial charge in [0, 0.05) is 22.5 Å². The minimum absolute atomic E-state index is 0.673. The van der Waals surface area contributed by atoms with E-state index in [1.54, 1.807) is 0 Å². The molecule has 0 spiro atoms. The van der Waals surface area contributed by atoms with E-state index in [9.17, 15) is 0 Å². The number of nitrogens with zero attached hydrogens (tertiary/aromatic N) is 1. The molecule has 2 rings (SSSR count). The first kappa shape index (κ1) is 12.9. The molecule has 1 unspecified atom stereocenters. The molecule has 0 aromatic heterocycles. The number of likely N-dealkylation sites (tertiary alicyclic amines) is 1. The third-order valence-electron chi connectivity index (χ3n) is 3.41. The molecule has 0 aliphatic carbocycles. The van der Waals surface area contributed by atoms with Crippen molar-refractivity contribution < 1.29 is 4.74 Å². The molecule has 0 bridgehead atoms. The highest BCUT2D eigenvalue weighted by Crippen LogP contribution is 2.26. The monoisotopic (exact) mass is 297 g/mol. The number of benzene rings is 1. The van der Waals surface area contributed by atoms with Crippen LogP contribution in [0.5, 0.6) is 5.75 Å². The summed E-state index contributed by atoms with van der Waals surface area (Å²) in [6.45, 7) is 5.31. The quantitative estimate of drug-likeness (QED) is 0.847. The van der Waals surface area contributed by atoms with Crippen molar-refractivity contribution in [1.82, 2.24) is 4.90 Å². The van der Waals surface area contributed by atoms with Crippen LogP contribution in [0.3, 0.4) is 0 Å². The van der Waals surface area contributed by atoms with Gasteiger partial charge < -0.3 is 9.64 Å². The first-order chi connectivity index (χ1) is 8.16. The number of hydrogen-bond acceptors (Lipinski definition) is 2. The van der Waals surface area contributed by atoms with E-state index in [4.69, 9.17) is 4.74 Å². The predicted octanol–water partition coefficient (Wildman–Crippen LogP) is 3.48. The second-order valence-corrected chi connectivity index (χ2v) is 5.80. The van der Waals surface area contributed by atoms with E-state index in [-0.39, 0.29) is 0 Å². The molecule has 1 aromatic rings. The highest BCUT2D eigenvalue weighted by Gasteiger charge is 2.18. The average molecular weight is 298 g/mol. The molecule has 0 amide bonds. The summed E-state index contributed by atoms with van der Waals surface area (Å²) in [6, 6.07) is 6.13. The molecule has 1 atom stereocenters. The van der Waals surface area contributed by atoms with Crippen LogP contribution in [0.25, 0.3) is 0 Å². The lowest BCUT2D eigenvalue weighted by molar-refractivity contribution is 0.150. The standard InChI is InChI=1S/C14H20BrNO/c1-11-13(15)6-3-7-14(11)17-10-12-5-4-8-16(2)9-12/h3,6-7,12H,4-5,8-10H2,1-2H3. The summed E-state index contributed by atoms with van der Waals surface area (Å²) in [7, 11) is 2.19. The summed E-state index contributed by atoms with van der Waals surface area (Å²) >= 11 is 3.53. The van der Waals surface area contributed by atoms with E-state index in [0.717, 1.165) is 23.4 Å². The summed E-state index contributed by atoms with van der Waals surface area (Å²) in [5, 5.41) is 0. The number of piperidine rings is 1. The van der Waals surface area contributed by atoms with Gasteiger partial charge in [0.1, 0.15) is 5.75 Å². The highest BCUT2D eigenvalue weighted by molar-refractivity contribution is 9.10. The Morgan fingerprint density at radius 1 is 1.47 bits per heavy atom. The van der Waals surface area contributed by atoms with E-state index in [2.05, 4.69) is 40.9 Å². The van der Waals surface area contributed by atoms with Crippen LogP contribution in [0, 0.1) is 12.8 Å². The van der Waals surface area contributed by atoms with Gasteiger partial charge in [0.25, 0.3) is 0 Å². The smallest absolute Gasteiger partial charge is 0.123 e. The van der Waals surface area contributed by atoms with Crippen molar-refractivity contribution in [3.05, 3.63) is 28.2 Å². The molecule has 2 nitrogen and oxygen atoms in total. The van der Waals surface area contributed by atoms with Gasteiger partial charge in [-0.2, -0.15) is 0 Å². The average Bonchev–Trinajstić information content (AvgIpc) is 2.31. The fourth-order valence-electron chi connectivity index (χ4n) is 2.36. The Morgan fingerprint density at radius 3 is 3.06 bits per heavy atom. The first-order valence-corrected chi connectivity index (χ1v) is 7.02. The van der Waals surface area contributed by atoms with Crippen LogP contribution in [-0.4, -0.2) is 31.6 Å². The van der Waals surface area contributed by atoms with Crippen LogP contribution < -0.4 is 4.74 Å². The number of rotatable bonds is 3. The molecule has 1 aliphatic heterocycles. The molecule has 1 heterocycles. The van der Waals surface area contributed by atoms with Crippen molar-refractivity contribution in [3.63, 3.8) is 0 Å². The van der Waals surface area contributed by atoms with Crippen LogP contribution in [0.4, 0.5) is 0 Å². The normalized spacial score (nSPS) is 21.5. The fourth-order valence-corrected chi connectivity index (χ4v) is 2.71. The van der Waals surface area contributed by atoms with Gasteiger partial charge in [0.2, 0.25) is 0 Å². The molecule has 1 saturated heterocycles. The van der Waals surface area contributed by atoms with Crippen LogP contribution in [0.15, 0.2) is 22.7 Å². The topological polar surface area (TPSA) is 12.5 Å². The minimum Gasteiger partial charge on any atom is -0.493 e. The summed E-state index contributed by atoms with van der Waals surface area (Å²) in [6.07, 6.45) is 2.58. The van der Waals surface area contributed by atoms with Gasteiger partial charge in [-0.1, -0.05) is 22.0 Å². The fraction of sp³-hybridized carbons (Fsp3) is 0.571. The SMILES string of the molecule is Cc1c(Br)cccc1OCC1CCCN(C)C1. The lowest BCUT2D eigenvalue weighted by Crippen LogP contribution is -2.34. The van der Waals surface area contributed by atoms with Gasteiger partial charge in [-0.15, -0.1) is 0 Å². The number of hydrogen-bond donors (Lipinski definition) is 0. The van der Waals surface area contributed by atoms with Gasteiger partial charge in [0.15, 0.2) is 0 Å². The second-order valence-electron chi connectivity index (χ2n) is 4.94. The maximum absolute atomic E-state index is 5.95. The van der Waals surface area contributed by atoms with Crippen molar-refractivity contribution in [1.29, 1.82) is 0 Å². The number of halogens is 1. The molecular formula is C14H20BrNO. The van der Waals surface area contributed by atoms with Crippen LogP contribution in [0.1, 0.15) is 18.4 Å². The molecule has 94 valence electrons. The Balaban J connectivity index is 1.91. The molecule has 0 radical (unpaired) electrons. The van der Waals surface area contributed by atoms with E-state index < -0.39 is 0 Å². The third kappa shape index (κ3) is 3.46. The summed E-state index contributed by atoms with van der Waals surface area (Å²) < 4.78 is 7.07. The molecule has 17 heavy (non-hydrogen) atoms. The highest BCUT2D eigenvalue weighted by atomic mass is 79.9. The molecule has 1 aliphatic rings. The van der Waals surface area contributed by atoms with E-state index in [1.165, 1.54) is 24.9 Å². The van der Waals surface area contributed by atoms with Crippen LogP contribution in [0.2, 0.25) is 0 Å². The molecule has 3 heteroatoms. The van der Waals surface area contributed by atoms with Crippen LogP contribution >= 0.6 is 15.9 Å². The Hall–Kier alpha value is -0.540. The first-order valence-electron chi connectivity index (χ1n) is 6.23. The lowest BCUT2D eigenvalue weighted by Gasteiger charge is -2.29. The zero-order chi connectivity index (χ0) is 12.3. The molecule has 1 fully saturated rings. The Bertz CT molecular complexity index is 380. The number of ether oxygens (including phenoxy) is 1. The van der Waals surface area contributed by atoms with E-state index >= 15 is 0 Å². The van der Waals surface area contributed by atoms with Gasteiger partial charge in [0.05, 0.1) is 6.61 Å². The molecular weight excluding hydrogens is 278 g/mol. The second kappa shape index (κ2) is 5.87. The van der Waals surface area contributed by atoms with Crippen LogP contribution in [-0.2, 0) is 0 Å². The van der Waals surface area contributed by atoms with Crippen molar-refractivity contribution in [3.8, 4) is 5.75 Å². The molecule has 1 aromatic carbocycles. The Morgan fingerprint density at radius 2 is 2.29 bits per heavy atom. The van der Waals surface area contributed by atoms with Crippen molar-refractivity contribution in [2.45, 2.75) is 19.8 Å². The van der Waals surface area contributed by atoms with Crippen molar-refractivity contribution in [2.24, 2.45) is 5.92 Å². The van der Waals surface area contributed by atoms with Gasteiger partial charge in [-0.25, -0.2) is 0 Å². The van der Waals surface area contributed by atoms with Crippen molar-refractivity contribution in [2.75, 3.05) is 26.7 Å². The summed E-state index contributed by atoms with van der Waals surface area (Å²) in [5.41, 5.74) is 1.19. The van der Waals surface area contributed by atoms with Crippen molar-refractivity contribution >= 4 is 15.9 Å². The lowest BCUT2D eigenvalue weighted by atomic mass is 9.99. The maximum atomic E-state index is 5.95. The minimum atomic E-state index is 0.673. The molecule has 0 N–H and O–H groups in total. The summed E-state index contributed by atoms with van der Waals surface area (Å²) in [5.74, 6) is 1.68. The third-order valence-corrected chi connectivity index (χ3v) is 4.27.